The Balaban J connectivity index is 3.21. The lowest BCUT2D eigenvalue weighted by Crippen LogP contribution is -2.06. The van der Waals surface area contributed by atoms with Crippen LogP contribution < -0.4 is 0 Å². The Kier molecular flexibility index (Phi) is 3.58. The topological polar surface area (TPSA) is 46.5 Å². The van der Waals surface area contributed by atoms with Crippen molar-refractivity contribution >= 4 is 17.6 Å². The molecule has 0 saturated heterocycles. The molecule has 0 fully saturated rings. The van der Waals surface area contributed by atoms with Crippen LogP contribution >= 0.6 is 11.6 Å². The Bertz CT molecular complexity index is 373. The first-order valence-electron chi connectivity index (χ1n) is 4.51. The monoisotopic (exact) mass is 228 g/mol. The van der Waals surface area contributed by atoms with Crippen molar-refractivity contribution < 1.29 is 14.6 Å². The number of halogens is 1. The summed E-state index contributed by atoms with van der Waals surface area (Å²) in [6.07, 6.45) is 0.0373. The van der Waals surface area contributed by atoms with E-state index in [2.05, 4.69) is 4.74 Å². The number of rotatable bonds is 2. The summed E-state index contributed by atoms with van der Waals surface area (Å²) >= 11 is 5.95. The summed E-state index contributed by atoms with van der Waals surface area (Å²) in [4.78, 5) is 11.1. The van der Waals surface area contributed by atoms with E-state index in [1.165, 1.54) is 7.11 Å². The van der Waals surface area contributed by atoms with Crippen molar-refractivity contribution in [3.8, 4) is 5.75 Å². The first-order chi connectivity index (χ1) is 6.97. The van der Waals surface area contributed by atoms with Crippen LogP contribution in [0.25, 0.3) is 0 Å². The van der Waals surface area contributed by atoms with Crippen molar-refractivity contribution in [1.82, 2.24) is 0 Å². The highest BCUT2D eigenvalue weighted by Crippen LogP contribution is 2.31. The van der Waals surface area contributed by atoms with Crippen molar-refractivity contribution in [2.45, 2.75) is 20.3 Å². The van der Waals surface area contributed by atoms with Crippen LogP contribution in [0.1, 0.15) is 16.7 Å². The number of benzene rings is 1. The molecule has 4 heteroatoms. The third kappa shape index (κ3) is 2.42. The van der Waals surface area contributed by atoms with E-state index < -0.39 is 5.97 Å². The number of esters is 1. The molecule has 0 heterocycles. The maximum absolute atomic E-state index is 11.1. The number of aromatic hydroxyl groups is 1. The Hall–Kier alpha value is -1.22. The summed E-state index contributed by atoms with van der Waals surface area (Å²) in [6.45, 7) is 3.50. The summed E-state index contributed by atoms with van der Waals surface area (Å²) in [5, 5.41) is 10.3. The maximum Gasteiger partial charge on any atom is 0.310 e. The predicted molar refractivity (Wildman–Crippen MR) is 58.3 cm³/mol. The number of ether oxygens (including phenoxy) is 1. The summed E-state index contributed by atoms with van der Waals surface area (Å²) in [6, 6.07) is 1.67. The second-order valence-electron chi connectivity index (χ2n) is 3.38. The molecule has 0 radical (unpaired) electrons. The SMILES string of the molecule is COC(=O)Cc1c(C)c(Cl)cc(C)c1O. The van der Waals surface area contributed by atoms with Crippen molar-refractivity contribution in [3.05, 3.63) is 27.8 Å². The molecule has 0 amide bonds. The van der Waals surface area contributed by atoms with Gasteiger partial charge in [-0.3, -0.25) is 4.79 Å². The van der Waals surface area contributed by atoms with Gasteiger partial charge in [-0.1, -0.05) is 11.6 Å². The Morgan fingerprint density at radius 2 is 2.13 bits per heavy atom. The maximum atomic E-state index is 11.1. The van der Waals surface area contributed by atoms with E-state index in [1.807, 2.05) is 0 Å². The van der Waals surface area contributed by atoms with Crippen LogP contribution in [0.4, 0.5) is 0 Å². The van der Waals surface area contributed by atoms with E-state index in [-0.39, 0.29) is 12.2 Å². The molecular weight excluding hydrogens is 216 g/mol. The minimum Gasteiger partial charge on any atom is -0.507 e. The molecule has 0 atom stereocenters. The fraction of sp³-hybridized carbons (Fsp3) is 0.364. The molecule has 1 N–H and O–H groups in total. The average Bonchev–Trinajstić information content (AvgIpc) is 2.21. The molecular formula is C11H13ClO3. The second kappa shape index (κ2) is 4.53. The molecule has 15 heavy (non-hydrogen) atoms. The van der Waals surface area contributed by atoms with Gasteiger partial charge in [0.1, 0.15) is 5.75 Å². The second-order valence-corrected chi connectivity index (χ2v) is 3.79. The Labute approximate surface area is 93.6 Å². The standard InChI is InChI=1S/C11H13ClO3/c1-6-4-9(12)7(2)8(11(6)14)5-10(13)15-3/h4,14H,5H2,1-3H3. The number of phenols is 1. The lowest BCUT2D eigenvalue weighted by molar-refractivity contribution is -0.139. The number of methoxy groups -OCH3 is 1. The minimum atomic E-state index is -0.393. The molecule has 3 nitrogen and oxygen atoms in total. The molecule has 1 rings (SSSR count). The molecule has 0 saturated carbocycles. The molecule has 0 spiro atoms. The number of carbonyl (C=O) groups excluding carboxylic acids is 1. The third-order valence-electron chi connectivity index (χ3n) is 2.36. The van der Waals surface area contributed by atoms with E-state index >= 15 is 0 Å². The molecule has 0 aliphatic carbocycles. The third-order valence-corrected chi connectivity index (χ3v) is 2.75. The smallest absolute Gasteiger partial charge is 0.310 e. The van der Waals surface area contributed by atoms with Gasteiger partial charge in [0.05, 0.1) is 13.5 Å². The van der Waals surface area contributed by atoms with Crippen LogP contribution in [0.5, 0.6) is 5.75 Å². The quantitative estimate of drug-likeness (QED) is 0.791. The first kappa shape index (κ1) is 11.9. The van der Waals surface area contributed by atoms with Gasteiger partial charge in [0.25, 0.3) is 0 Å². The highest BCUT2D eigenvalue weighted by atomic mass is 35.5. The molecule has 0 bridgehead atoms. The lowest BCUT2D eigenvalue weighted by atomic mass is 10.0. The summed E-state index contributed by atoms with van der Waals surface area (Å²) < 4.78 is 4.55. The summed E-state index contributed by atoms with van der Waals surface area (Å²) in [5.41, 5.74) is 1.90. The van der Waals surface area contributed by atoms with E-state index in [1.54, 1.807) is 19.9 Å². The van der Waals surface area contributed by atoms with E-state index in [9.17, 15) is 9.90 Å². The van der Waals surface area contributed by atoms with E-state index in [0.717, 1.165) is 0 Å². The van der Waals surface area contributed by atoms with Crippen LogP contribution in [0.3, 0.4) is 0 Å². The normalized spacial score (nSPS) is 10.1. The van der Waals surface area contributed by atoms with Crippen LogP contribution in [0.2, 0.25) is 5.02 Å². The van der Waals surface area contributed by atoms with Gasteiger partial charge < -0.3 is 9.84 Å². The summed E-state index contributed by atoms with van der Waals surface area (Å²) in [7, 11) is 1.31. The molecule has 1 aromatic rings. The van der Waals surface area contributed by atoms with Gasteiger partial charge in [0.2, 0.25) is 0 Å². The van der Waals surface area contributed by atoms with E-state index in [4.69, 9.17) is 11.6 Å². The Morgan fingerprint density at radius 1 is 1.53 bits per heavy atom. The van der Waals surface area contributed by atoms with E-state index in [0.29, 0.717) is 21.7 Å². The number of aryl methyl sites for hydroxylation is 1. The minimum absolute atomic E-state index is 0.0373. The fourth-order valence-corrected chi connectivity index (χ4v) is 1.64. The van der Waals surface area contributed by atoms with Gasteiger partial charge in [0, 0.05) is 10.6 Å². The number of carbonyl (C=O) groups is 1. The van der Waals surface area contributed by atoms with Gasteiger partial charge in [-0.25, -0.2) is 0 Å². The zero-order valence-electron chi connectivity index (χ0n) is 8.93. The molecule has 1 aromatic carbocycles. The largest absolute Gasteiger partial charge is 0.507 e. The molecule has 0 aliphatic rings. The zero-order chi connectivity index (χ0) is 11.6. The van der Waals surface area contributed by atoms with Crippen molar-refractivity contribution in [3.63, 3.8) is 0 Å². The van der Waals surface area contributed by atoms with Gasteiger partial charge in [-0.2, -0.15) is 0 Å². The van der Waals surface area contributed by atoms with Crippen LogP contribution in [-0.2, 0) is 16.0 Å². The predicted octanol–water partition coefficient (Wildman–Crippen LogP) is 2.38. The van der Waals surface area contributed by atoms with Gasteiger partial charge >= 0.3 is 5.97 Å². The molecule has 82 valence electrons. The first-order valence-corrected chi connectivity index (χ1v) is 4.89. The van der Waals surface area contributed by atoms with Crippen LogP contribution in [0, 0.1) is 13.8 Å². The number of phenolic OH excluding ortho intramolecular Hbond substituents is 1. The van der Waals surface area contributed by atoms with Gasteiger partial charge in [0.15, 0.2) is 0 Å². The number of hydrogen-bond donors (Lipinski definition) is 1. The van der Waals surface area contributed by atoms with Crippen molar-refractivity contribution in [1.29, 1.82) is 0 Å². The average molecular weight is 229 g/mol. The number of hydrogen-bond acceptors (Lipinski definition) is 3. The summed E-state index contributed by atoms with van der Waals surface area (Å²) in [5.74, 6) is -0.280. The molecule has 0 unspecified atom stereocenters. The van der Waals surface area contributed by atoms with Crippen LogP contribution in [0.15, 0.2) is 6.07 Å². The molecule has 0 aromatic heterocycles. The fourth-order valence-electron chi connectivity index (χ4n) is 1.36. The lowest BCUT2D eigenvalue weighted by Gasteiger charge is -2.11. The van der Waals surface area contributed by atoms with Gasteiger partial charge in [-0.05, 0) is 31.0 Å². The van der Waals surface area contributed by atoms with Crippen LogP contribution in [-0.4, -0.2) is 18.2 Å². The highest BCUT2D eigenvalue weighted by molar-refractivity contribution is 6.31. The van der Waals surface area contributed by atoms with Crippen molar-refractivity contribution in [2.24, 2.45) is 0 Å². The van der Waals surface area contributed by atoms with Crippen molar-refractivity contribution in [2.75, 3.05) is 7.11 Å². The Morgan fingerprint density at radius 3 is 2.67 bits per heavy atom. The highest BCUT2D eigenvalue weighted by Gasteiger charge is 2.15. The van der Waals surface area contributed by atoms with Gasteiger partial charge in [-0.15, -0.1) is 0 Å². The zero-order valence-corrected chi connectivity index (χ0v) is 9.68. The molecule has 0 aliphatic heterocycles.